The Morgan fingerprint density at radius 3 is 2.67 bits per heavy atom. The highest BCUT2D eigenvalue weighted by Crippen LogP contribution is 2.28. The third kappa shape index (κ3) is 4.47. The number of hydrogen-bond acceptors (Lipinski definition) is 1. The summed E-state index contributed by atoms with van der Waals surface area (Å²) in [5, 5.41) is 0. The van der Waals surface area contributed by atoms with E-state index in [0.717, 1.165) is 32.4 Å². The molecule has 1 heterocycles. The molecule has 0 N–H and O–H groups in total. The number of piperidine rings is 1. The summed E-state index contributed by atoms with van der Waals surface area (Å²) in [7, 11) is 0. The van der Waals surface area contributed by atoms with Crippen LogP contribution in [-0.2, 0) is 4.79 Å². The lowest BCUT2D eigenvalue weighted by Gasteiger charge is -2.37. The van der Waals surface area contributed by atoms with E-state index in [0.29, 0.717) is 17.7 Å². The van der Waals surface area contributed by atoms with Crippen LogP contribution in [0.15, 0.2) is 12.2 Å². The van der Waals surface area contributed by atoms with Crippen LogP contribution >= 0.6 is 0 Å². The van der Waals surface area contributed by atoms with Crippen LogP contribution in [0.4, 0.5) is 0 Å². The van der Waals surface area contributed by atoms with Crippen molar-refractivity contribution in [2.75, 3.05) is 13.1 Å². The first-order valence-corrected chi connectivity index (χ1v) is 7.49. The van der Waals surface area contributed by atoms with Crippen LogP contribution in [0.2, 0.25) is 0 Å². The molecule has 0 aromatic carbocycles. The molecule has 0 aliphatic carbocycles. The smallest absolute Gasteiger partial charge is 0.222 e. The van der Waals surface area contributed by atoms with Gasteiger partial charge in [0.2, 0.25) is 5.91 Å². The van der Waals surface area contributed by atoms with E-state index < -0.39 is 0 Å². The molecule has 0 bridgehead atoms. The molecule has 1 fully saturated rings. The average Bonchev–Trinajstić information content (AvgIpc) is 2.34. The first kappa shape index (κ1) is 15.3. The second kappa shape index (κ2) is 7.60. The predicted molar refractivity (Wildman–Crippen MR) is 77.4 cm³/mol. The van der Waals surface area contributed by atoms with E-state index in [2.05, 4.69) is 32.3 Å². The summed E-state index contributed by atoms with van der Waals surface area (Å²) in [5.41, 5.74) is 1.23. The summed E-state index contributed by atoms with van der Waals surface area (Å²) in [6.07, 6.45) is 6.58. The van der Waals surface area contributed by atoms with Crippen LogP contribution in [0.5, 0.6) is 0 Å². The molecule has 2 heteroatoms. The van der Waals surface area contributed by atoms with Gasteiger partial charge in [-0.3, -0.25) is 4.79 Å². The van der Waals surface area contributed by atoms with E-state index in [-0.39, 0.29) is 0 Å². The highest BCUT2D eigenvalue weighted by atomic mass is 16.2. The quantitative estimate of drug-likeness (QED) is 0.516. The summed E-state index contributed by atoms with van der Waals surface area (Å²) in [4.78, 5) is 14.2. The highest BCUT2D eigenvalue weighted by molar-refractivity contribution is 5.76. The number of amides is 1. The van der Waals surface area contributed by atoms with Crippen molar-refractivity contribution in [2.24, 2.45) is 11.8 Å². The minimum absolute atomic E-state index is 0.351. The van der Waals surface area contributed by atoms with E-state index in [4.69, 9.17) is 0 Å². The molecule has 0 spiro atoms. The Morgan fingerprint density at radius 2 is 2.06 bits per heavy atom. The lowest BCUT2D eigenvalue weighted by atomic mass is 9.82. The van der Waals surface area contributed by atoms with Crippen LogP contribution in [0, 0.1) is 11.8 Å². The number of carbonyl (C=O) groups is 1. The van der Waals surface area contributed by atoms with Gasteiger partial charge >= 0.3 is 0 Å². The average molecular weight is 251 g/mol. The molecule has 1 aliphatic heterocycles. The van der Waals surface area contributed by atoms with Gasteiger partial charge < -0.3 is 4.90 Å². The molecule has 0 aromatic heterocycles. The molecule has 104 valence electrons. The summed E-state index contributed by atoms with van der Waals surface area (Å²) < 4.78 is 0. The minimum Gasteiger partial charge on any atom is -0.342 e. The number of hydrogen-bond donors (Lipinski definition) is 0. The maximum absolute atomic E-state index is 12.1. The third-order valence-electron chi connectivity index (χ3n) is 4.19. The van der Waals surface area contributed by atoms with E-state index in [9.17, 15) is 4.79 Å². The molecule has 18 heavy (non-hydrogen) atoms. The molecular formula is C16H29NO. The fraction of sp³-hybridized carbons (Fsp3) is 0.812. The zero-order chi connectivity index (χ0) is 13.5. The second-order valence-electron chi connectivity index (χ2n) is 5.87. The third-order valence-corrected chi connectivity index (χ3v) is 4.19. The minimum atomic E-state index is 0.351. The highest BCUT2D eigenvalue weighted by Gasteiger charge is 2.28. The summed E-state index contributed by atoms with van der Waals surface area (Å²) >= 11 is 0. The topological polar surface area (TPSA) is 20.3 Å². The molecule has 1 aliphatic rings. The van der Waals surface area contributed by atoms with Gasteiger partial charge in [-0.1, -0.05) is 45.3 Å². The molecule has 2 nitrogen and oxygen atoms in total. The maximum atomic E-state index is 12.1. The Kier molecular flexibility index (Phi) is 6.45. The SMILES string of the molecule is C=C(C)C1CN(C(=O)CCCCCC)CC[C@H]1C. The van der Waals surface area contributed by atoms with Gasteiger partial charge in [0.1, 0.15) is 0 Å². The molecule has 1 amide bonds. The van der Waals surface area contributed by atoms with Crippen LogP contribution in [-0.4, -0.2) is 23.9 Å². The zero-order valence-corrected chi connectivity index (χ0v) is 12.4. The standard InChI is InChI=1S/C16H29NO/c1-5-6-7-8-9-16(18)17-11-10-14(4)15(12-17)13(2)3/h14-15H,2,5-12H2,1,3-4H3/t14-,15?/m1/s1. The predicted octanol–water partition coefficient (Wildman–Crippen LogP) is 4.02. The number of likely N-dealkylation sites (tertiary alicyclic amines) is 1. The zero-order valence-electron chi connectivity index (χ0n) is 12.4. The van der Waals surface area contributed by atoms with Gasteiger partial charge in [0.25, 0.3) is 0 Å². The molecule has 1 unspecified atom stereocenters. The van der Waals surface area contributed by atoms with E-state index in [1.165, 1.54) is 24.8 Å². The van der Waals surface area contributed by atoms with Gasteiger partial charge in [-0.15, -0.1) is 0 Å². The van der Waals surface area contributed by atoms with E-state index in [1.54, 1.807) is 0 Å². The van der Waals surface area contributed by atoms with Crippen LogP contribution in [0.25, 0.3) is 0 Å². The summed E-state index contributed by atoms with van der Waals surface area (Å²) in [6.45, 7) is 12.5. The number of carbonyl (C=O) groups excluding carboxylic acids is 1. The lowest BCUT2D eigenvalue weighted by molar-refractivity contribution is -0.133. The Morgan fingerprint density at radius 1 is 1.33 bits per heavy atom. The van der Waals surface area contributed by atoms with Crippen molar-refractivity contribution in [2.45, 2.75) is 59.3 Å². The summed E-state index contributed by atoms with van der Waals surface area (Å²) in [6, 6.07) is 0. The monoisotopic (exact) mass is 251 g/mol. The van der Waals surface area contributed by atoms with Gasteiger partial charge in [0.15, 0.2) is 0 Å². The molecule has 1 rings (SSSR count). The Balaban J connectivity index is 2.37. The van der Waals surface area contributed by atoms with Gasteiger partial charge in [-0.25, -0.2) is 0 Å². The van der Waals surface area contributed by atoms with Gasteiger partial charge in [-0.2, -0.15) is 0 Å². The van der Waals surface area contributed by atoms with Crippen molar-refractivity contribution >= 4 is 5.91 Å². The van der Waals surface area contributed by atoms with Crippen molar-refractivity contribution in [3.63, 3.8) is 0 Å². The number of unbranched alkanes of at least 4 members (excludes halogenated alkanes) is 3. The molecular weight excluding hydrogens is 222 g/mol. The fourth-order valence-corrected chi connectivity index (χ4v) is 2.80. The molecule has 2 atom stereocenters. The molecule has 0 saturated carbocycles. The molecule has 1 saturated heterocycles. The van der Waals surface area contributed by atoms with Crippen LogP contribution < -0.4 is 0 Å². The molecule has 0 aromatic rings. The van der Waals surface area contributed by atoms with Gasteiger partial charge in [-0.05, 0) is 31.6 Å². The first-order chi connectivity index (χ1) is 8.56. The maximum Gasteiger partial charge on any atom is 0.222 e. The van der Waals surface area contributed by atoms with Crippen molar-refractivity contribution in [3.05, 3.63) is 12.2 Å². The van der Waals surface area contributed by atoms with Crippen LogP contribution in [0.3, 0.4) is 0 Å². The largest absolute Gasteiger partial charge is 0.342 e. The van der Waals surface area contributed by atoms with Crippen molar-refractivity contribution in [1.29, 1.82) is 0 Å². The molecule has 0 radical (unpaired) electrons. The van der Waals surface area contributed by atoms with E-state index >= 15 is 0 Å². The number of rotatable bonds is 6. The van der Waals surface area contributed by atoms with Gasteiger partial charge in [0.05, 0.1) is 0 Å². The normalized spacial score (nSPS) is 24.1. The second-order valence-corrected chi connectivity index (χ2v) is 5.87. The fourth-order valence-electron chi connectivity index (χ4n) is 2.80. The van der Waals surface area contributed by atoms with Crippen LogP contribution in [0.1, 0.15) is 59.3 Å². The Labute approximate surface area is 112 Å². The first-order valence-electron chi connectivity index (χ1n) is 7.49. The van der Waals surface area contributed by atoms with Crippen molar-refractivity contribution < 1.29 is 4.79 Å². The Bertz CT molecular complexity index is 285. The summed E-state index contributed by atoms with van der Waals surface area (Å²) in [5.74, 6) is 1.52. The van der Waals surface area contributed by atoms with Crippen molar-refractivity contribution in [3.8, 4) is 0 Å². The lowest BCUT2D eigenvalue weighted by Crippen LogP contribution is -2.43. The number of nitrogens with zero attached hydrogens (tertiary/aromatic N) is 1. The van der Waals surface area contributed by atoms with Crippen molar-refractivity contribution in [1.82, 2.24) is 4.90 Å². The Hall–Kier alpha value is -0.790. The van der Waals surface area contributed by atoms with Gasteiger partial charge in [0, 0.05) is 19.5 Å². The van der Waals surface area contributed by atoms with E-state index in [1.807, 2.05) is 0 Å².